The predicted octanol–water partition coefficient (Wildman–Crippen LogP) is 7.27. The van der Waals surface area contributed by atoms with E-state index in [1.54, 1.807) is 0 Å². The highest BCUT2D eigenvalue weighted by atomic mass is 16.5. The highest BCUT2D eigenvalue weighted by molar-refractivity contribution is 5.85. The Balaban J connectivity index is 1.26. The van der Waals surface area contributed by atoms with Gasteiger partial charge in [0.1, 0.15) is 23.5 Å². The molecule has 5 aromatic rings. The fraction of sp³-hybridized carbons (Fsp3) is 0.471. The zero-order valence-electron chi connectivity index (χ0n) is 25.6. The van der Waals surface area contributed by atoms with E-state index in [1.165, 1.54) is 38.5 Å². The van der Waals surface area contributed by atoms with Crippen LogP contribution in [-0.4, -0.2) is 52.6 Å². The molecule has 0 atom stereocenters. The largest absolute Gasteiger partial charge is 0.472 e. The Morgan fingerprint density at radius 2 is 1.41 bits per heavy atom. The van der Waals surface area contributed by atoms with E-state index < -0.39 is 0 Å². The topological polar surface area (TPSA) is 117 Å². The third-order valence-corrected chi connectivity index (χ3v) is 8.94. The van der Waals surface area contributed by atoms with E-state index in [0.717, 1.165) is 64.8 Å². The Kier molecular flexibility index (Phi) is 8.22. The number of imidazole rings is 1. The van der Waals surface area contributed by atoms with Crippen LogP contribution in [0, 0.1) is 0 Å². The van der Waals surface area contributed by atoms with Crippen LogP contribution in [0.5, 0.6) is 11.8 Å². The smallest absolute Gasteiger partial charge is 0.262 e. The maximum atomic E-state index is 6.60. The minimum Gasteiger partial charge on any atom is -0.472 e. The summed E-state index contributed by atoms with van der Waals surface area (Å²) in [4.78, 5) is 5.17. The third-order valence-electron chi connectivity index (χ3n) is 8.94. The molecule has 3 heterocycles. The van der Waals surface area contributed by atoms with Crippen LogP contribution in [0.25, 0.3) is 33.5 Å². The first-order valence-electron chi connectivity index (χ1n) is 16.2. The number of hydrogen-bond donors (Lipinski definition) is 1. The molecule has 3 aromatic heterocycles. The van der Waals surface area contributed by atoms with Crippen molar-refractivity contribution < 1.29 is 9.47 Å². The summed E-state index contributed by atoms with van der Waals surface area (Å²) >= 11 is 0. The van der Waals surface area contributed by atoms with Crippen molar-refractivity contribution in [3.63, 3.8) is 0 Å². The molecular weight excluding hydrogens is 552 g/mol. The molecule has 0 spiro atoms. The van der Waals surface area contributed by atoms with Crippen molar-refractivity contribution in [3.05, 3.63) is 59.9 Å². The van der Waals surface area contributed by atoms with Crippen molar-refractivity contribution in [2.24, 2.45) is 0 Å². The Hall–Kier alpha value is -4.34. The Bertz CT molecular complexity index is 1680. The molecule has 44 heavy (non-hydrogen) atoms. The van der Waals surface area contributed by atoms with Gasteiger partial charge in [0.2, 0.25) is 0 Å². The number of aromatic nitrogens is 8. The summed E-state index contributed by atoms with van der Waals surface area (Å²) in [7, 11) is 0. The van der Waals surface area contributed by atoms with Crippen molar-refractivity contribution in [2.45, 2.75) is 103 Å². The van der Waals surface area contributed by atoms with E-state index >= 15 is 0 Å². The lowest BCUT2D eigenvalue weighted by Gasteiger charge is -2.24. The average Bonchev–Trinajstić information content (AvgIpc) is 3.73. The molecule has 0 radical (unpaired) electrons. The molecule has 7 rings (SSSR count). The second-order valence-corrected chi connectivity index (χ2v) is 12.5. The number of aromatic amines is 1. The molecule has 2 aliphatic rings. The van der Waals surface area contributed by atoms with Gasteiger partial charge < -0.3 is 14.0 Å². The first-order valence-corrected chi connectivity index (χ1v) is 16.2. The quantitative estimate of drug-likeness (QED) is 0.190. The van der Waals surface area contributed by atoms with Crippen LogP contribution in [0.15, 0.2) is 48.5 Å². The van der Waals surface area contributed by atoms with Gasteiger partial charge in [-0.15, -0.1) is 15.3 Å². The van der Waals surface area contributed by atoms with E-state index in [4.69, 9.17) is 14.5 Å². The molecule has 0 unspecified atom stereocenters. The molecule has 10 nitrogen and oxygen atoms in total. The summed E-state index contributed by atoms with van der Waals surface area (Å²) in [5.74, 6) is 2.90. The number of benzene rings is 2. The summed E-state index contributed by atoms with van der Waals surface area (Å²) in [5, 5.41) is 23.8. The molecule has 10 heteroatoms. The second kappa shape index (κ2) is 12.7. The van der Waals surface area contributed by atoms with Gasteiger partial charge in [0.15, 0.2) is 11.3 Å². The van der Waals surface area contributed by atoms with E-state index in [2.05, 4.69) is 79.6 Å². The Labute approximate surface area is 257 Å². The monoisotopic (exact) mass is 592 g/mol. The number of nitrogens with one attached hydrogen (secondary N) is 1. The zero-order chi connectivity index (χ0) is 29.9. The predicted molar refractivity (Wildman–Crippen MR) is 169 cm³/mol. The molecule has 0 amide bonds. The van der Waals surface area contributed by atoms with Crippen LogP contribution in [-0.2, 0) is 6.54 Å². The Morgan fingerprint density at radius 1 is 0.773 bits per heavy atom. The molecular formula is C34H40N8O2. The van der Waals surface area contributed by atoms with E-state index in [1.807, 2.05) is 18.2 Å². The van der Waals surface area contributed by atoms with E-state index in [-0.39, 0.29) is 18.1 Å². The van der Waals surface area contributed by atoms with Crippen LogP contribution in [0.4, 0.5) is 0 Å². The SMILES string of the molecule is CC(C)c1nc2c(OC3CCCCC3)nnc(OC3CCCCC3)c2n1Cc1ccc(-c2ccccc2-c2nnn[nH]2)cc1. The molecule has 1 N–H and O–H groups in total. The highest BCUT2D eigenvalue weighted by Gasteiger charge is 2.27. The van der Waals surface area contributed by atoms with Crippen LogP contribution >= 0.6 is 0 Å². The average molecular weight is 593 g/mol. The van der Waals surface area contributed by atoms with Crippen LogP contribution < -0.4 is 9.47 Å². The van der Waals surface area contributed by atoms with Crippen molar-refractivity contribution in [3.8, 4) is 34.3 Å². The number of nitrogens with zero attached hydrogens (tertiary/aromatic N) is 7. The fourth-order valence-electron chi connectivity index (χ4n) is 6.65. The summed E-state index contributed by atoms with van der Waals surface area (Å²) in [6.07, 6.45) is 11.8. The molecule has 2 aliphatic carbocycles. The number of hydrogen-bond acceptors (Lipinski definition) is 8. The molecule has 228 valence electrons. The molecule has 0 aliphatic heterocycles. The lowest BCUT2D eigenvalue weighted by molar-refractivity contribution is 0.140. The number of tetrazole rings is 1. The van der Waals surface area contributed by atoms with Crippen molar-refractivity contribution in [1.29, 1.82) is 0 Å². The van der Waals surface area contributed by atoms with Gasteiger partial charge in [-0.2, -0.15) is 0 Å². The van der Waals surface area contributed by atoms with Crippen LogP contribution in [0.2, 0.25) is 0 Å². The summed E-state index contributed by atoms with van der Waals surface area (Å²) in [6, 6.07) is 16.8. The van der Waals surface area contributed by atoms with Crippen molar-refractivity contribution in [1.82, 2.24) is 40.4 Å². The number of ether oxygens (including phenoxy) is 2. The van der Waals surface area contributed by atoms with E-state index in [0.29, 0.717) is 24.1 Å². The normalized spacial score (nSPS) is 16.5. The van der Waals surface area contributed by atoms with Gasteiger partial charge in [0, 0.05) is 18.0 Å². The second-order valence-electron chi connectivity index (χ2n) is 12.5. The standard InChI is InChI=1S/C34H40N8O2/c1-22(2)32-35-29-30(34(44-26-13-7-4-8-14-26)39-38-33(29)43-25-11-5-3-6-12-25)42(32)21-23-17-19-24(20-18-23)27-15-9-10-16-28(27)31-36-40-41-37-31/h9-10,15-20,22,25-26H,3-8,11-14,21H2,1-2H3,(H,36,37,40,41). The van der Waals surface area contributed by atoms with Crippen molar-refractivity contribution >= 4 is 11.0 Å². The first-order chi connectivity index (χ1) is 21.6. The highest BCUT2D eigenvalue weighted by Crippen LogP contribution is 2.36. The van der Waals surface area contributed by atoms with Crippen LogP contribution in [0.1, 0.15) is 95.4 Å². The Morgan fingerprint density at radius 3 is 2.05 bits per heavy atom. The zero-order valence-corrected chi connectivity index (χ0v) is 25.6. The summed E-state index contributed by atoms with van der Waals surface area (Å²) in [5.41, 5.74) is 5.91. The minimum absolute atomic E-state index is 0.149. The summed E-state index contributed by atoms with van der Waals surface area (Å²) < 4.78 is 15.4. The lowest BCUT2D eigenvalue weighted by Crippen LogP contribution is -2.22. The van der Waals surface area contributed by atoms with Crippen LogP contribution in [0.3, 0.4) is 0 Å². The molecule has 2 fully saturated rings. The van der Waals surface area contributed by atoms with Crippen molar-refractivity contribution in [2.75, 3.05) is 0 Å². The van der Waals surface area contributed by atoms with Gasteiger partial charge in [-0.3, -0.25) is 0 Å². The lowest BCUT2D eigenvalue weighted by atomic mass is 9.98. The summed E-state index contributed by atoms with van der Waals surface area (Å²) in [6.45, 7) is 4.99. The molecule has 0 saturated heterocycles. The molecule has 2 saturated carbocycles. The van der Waals surface area contributed by atoms with Gasteiger partial charge in [0.05, 0.1) is 0 Å². The molecule has 0 bridgehead atoms. The minimum atomic E-state index is 0.149. The van der Waals surface area contributed by atoms with Gasteiger partial charge in [0.25, 0.3) is 11.8 Å². The maximum absolute atomic E-state index is 6.60. The fourth-order valence-corrected chi connectivity index (χ4v) is 6.65. The van der Waals surface area contributed by atoms with Gasteiger partial charge in [-0.05, 0) is 78.5 Å². The van der Waals surface area contributed by atoms with Gasteiger partial charge in [-0.25, -0.2) is 10.1 Å². The number of fused-ring (bicyclic) bond motifs is 1. The first kappa shape index (κ1) is 28.4. The molecule has 2 aromatic carbocycles. The van der Waals surface area contributed by atoms with Gasteiger partial charge in [-0.1, -0.05) is 75.2 Å². The number of rotatable bonds is 9. The van der Waals surface area contributed by atoms with Gasteiger partial charge >= 0.3 is 0 Å². The number of H-pyrrole nitrogens is 1. The maximum Gasteiger partial charge on any atom is 0.262 e. The third kappa shape index (κ3) is 5.89. The van der Waals surface area contributed by atoms with E-state index in [9.17, 15) is 0 Å².